The van der Waals surface area contributed by atoms with Crippen molar-refractivity contribution in [3.63, 3.8) is 0 Å². The summed E-state index contributed by atoms with van der Waals surface area (Å²) in [6, 6.07) is 23.2. The van der Waals surface area contributed by atoms with Gasteiger partial charge in [-0.1, -0.05) is 47.5 Å². The van der Waals surface area contributed by atoms with Crippen LogP contribution in [0, 0.1) is 19.1 Å². The molecule has 0 fully saturated rings. The molecule has 0 aliphatic rings. The van der Waals surface area contributed by atoms with Crippen LogP contribution < -0.4 is 0 Å². The molecule has 0 aliphatic carbocycles. The Balaban J connectivity index is 0.000000285. The molecule has 0 saturated heterocycles. The number of pyridine rings is 1. The second kappa shape index (κ2) is 8.90. The van der Waals surface area contributed by atoms with Gasteiger partial charge < -0.3 is 10.1 Å². The molecule has 4 rings (SSSR count). The first-order valence-electron chi connectivity index (χ1n) is 8.35. The zero-order valence-corrected chi connectivity index (χ0v) is 17.7. The number of aromatic nitrogens is 1. The molecule has 0 aliphatic heterocycles. The molecular formula is C23H19IrNO2-2. The summed E-state index contributed by atoms with van der Waals surface area (Å²) in [5, 5.41) is 14.1. The van der Waals surface area contributed by atoms with E-state index in [9.17, 15) is 4.79 Å². The predicted octanol–water partition coefficient (Wildman–Crippen LogP) is 5.48. The molecule has 1 N–H and O–H groups in total. The number of carbonyl (C=O) groups is 1. The number of rotatable bonds is 1. The summed E-state index contributed by atoms with van der Waals surface area (Å²) in [5.41, 5.74) is 2.01. The maximum atomic E-state index is 10.0. The molecule has 0 saturated carbocycles. The molecule has 4 heteroatoms. The number of benzene rings is 3. The van der Waals surface area contributed by atoms with E-state index in [1.807, 2.05) is 25.1 Å². The van der Waals surface area contributed by atoms with Gasteiger partial charge in [-0.25, -0.2) is 10.8 Å². The van der Waals surface area contributed by atoms with Crippen molar-refractivity contribution in [2.24, 2.45) is 0 Å². The second-order valence-corrected chi connectivity index (χ2v) is 6.17. The minimum absolute atomic E-state index is 0. The van der Waals surface area contributed by atoms with Crippen LogP contribution in [0.3, 0.4) is 0 Å². The minimum Gasteiger partial charge on any atom is -0.512 e. The Morgan fingerprint density at radius 3 is 2.30 bits per heavy atom. The smallest absolute Gasteiger partial charge is 0.155 e. The second-order valence-electron chi connectivity index (χ2n) is 6.17. The van der Waals surface area contributed by atoms with E-state index in [1.54, 1.807) is 0 Å². The molecule has 0 bridgehead atoms. The number of nitrogens with zero attached hydrogens (tertiary/aromatic N) is 1. The van der Waals surface area contributed by atoms with Gasteiger partial charge in [0.15, 0.2) is 5.78 Å². The van der Waals surface area contributed by atoms with Crippen LogP contribution in [0.25, 0.3) is 32.4 Å². The van der Waals surface area contributed by atoms with Crippen molar-refractivity contribution in [3.8, 4) is 0 Å². The Morgan fingerprint density at radius 2 is 1.67 bits per heavy atom. The van der Waals surface area contributed by atoms with Crippen LogP contribution in [0.15, 0.2) is 60.4 Å². The number of fused-ring (bicyclic) bond motifs is 6. The van der Waals surface area contributed by atoms with Crippen LogP contribution in [0.5, 0.6) is 0 Å². The van der Waals surface area contributed by atoms with Crippen LogP contribution >= 0.6 is 0 Å². The third-order valence-corrected chi connectivity index (χ3v) is 3.94. The van der Waals surface area contributed by atoms with Gasteiger partial charge in [0.25, 0.3) is 0 Å². The van der Waals surface area contributed by atoms with Crippen molar-refractivity contribution in [3.05, 3.63) is 78.2 Å². The molecule has 0 atom stereocenters. The van der Waals surface area contributed by atoms with Crippen LogP contribution in [0.2, 0.25) is 0 Å². The van der Waals surface area contributed by atoms with Crippen LogP contribution in [-0.2, 0) is 24.9 Å². The molecule has 4 aromatic rings. The number of aliphatic hydroxyl groups is 1. The summed E-state index contributed by atoms with van der Waals surface area (Å²) in [7, 11) is 0. The molecule has 0 unspecified atom stereocenters. The molecule has 1 heterocycles. The number of allylic oxidation sites excluding steroid dienone is 2. The van der Waals surface area contributed by atoms with Gasteiger partial charge in [0.2, 0.25) is 0 Å². The average molecular weight is 534 g/mol. The first kappa shape index (κ1) is 20.8. The number of hydrogen-bond donors (Lipinski definition) is 1. The summed E-state index contributed by atoms with van der Waals surface area (Å²) in [6.45, 7) is 4.85. The summed E-state index contributed by atoms with van der Waals surface area (Å²) < 4.78 is 0. The molecule has 3 aromatic carbocycles. The number of aryl methyl sites for hydroxylation is 1. The Labute approximate surface area is 172 Å². The van der Waals surface area contributed by atoms with Crippen molar-refractivity contribution in [1.29, 1.82) is 0 Å². The quantitative estimate of drug-likeness (QED) is 0.153. The van der Waals surface area contributed by atoms with E-state index in [1.165, 1.54) is 36.1 Å². The Kier molecular flexibility index (Phi) is 6.84. The van der Waals surface area contributed by atoms with Crippen molar-refractivity contribution in [2.45, 2.75) is 20.8 Å². The molecule has 1 radical (unpaired) electrons. The maximum Gasteiger partial charge on any atom is 0.155 e. The average Bonchev–Trinajstić information content (AvgIpc) is 2.61. The molecular weight excluding hydrogens is 514 g/mol. The van der Waals surface area contributed by atoms with Gasteiger partial charge >= 0.3 is 0 Å². The van der Waals surface area contributed by atoms with Crippen LogP contribution in [0.1, 0.15) is 19.5 Å². The zero-order valence-electron chi connectivity index (χ0n) is 15.3. The first-order chi connectivity index (χ1) is 12.5. The third kappa shape index (κ3) is 4.60. The fourth-order valence-electron chi connectivity index (χ4n) is 2.98. The van der Waals surface area contributed by atoms with Crippen LogP contribution in [-0.4, -0.2) is 15.9 Å². The van der Waals surface area contributed by atoms with E-state index in [0.717, 1.165) is 22.0 Å². The fraction of sp³-hybridized carbons (Fsp3) is 0.130. The Morgan fingerprint density at radius 1 is 1.00 bits per heavy atom. The molecule has 27 heavy (non-hydrogen) atoms. The summed E-state index contributed by atoms with van der Waals surface area (Å²) >= 11 is 0. The SMILES string of the molecule is CC(=O)/C=C(/C)O.Cc1c[c-]c2c3[c-]cccc3c3ccccc3c2n1.[Ir]. The molecule has 1 aromatic heterocycles. The Hall–Kier alpha value is -2.55. The van der Waals surface area contributed by atoms with Crippen molar-refractivity contribution in [2.75, 3.05) is 0 Å². The van der Waals surface area contributed by atoms with Gasteiger partial charge in [-0.15, -0.1) is 23.6 Å². The van der Waals surface area contributed by atoms with E-state index < -0.39 is 0 Å². The Bertz CT molecular complexity index is 1110. The number of aliphatic hydroxyl groups excluding tert-OH is 1. The maximum absolute atomic E-state index is 10.0. The van der Waals surface area contributed by atoms with Crippen molar-refractivity contribution >= 4 is 38.2 Å². The van der Waals surface area contributed by atoms with Gasteiger partial charge in [-0.3, -0.25) is 4.79 Å². The van der Waals surface area contributed by atoms with Gasteiger partial charge in [-0.2, -0.15) is 18.2 Å². The topological polar surface area (TPSA) is 50.2 Å². The monoisotopic (exact) mass is 534 g/mol. The zero-order chi connectivity index (χ0) is 18.7. The normalized spacial score (nSPS) is 11.0. The molecule has 139 valence electrons. The largest absolute Gasteiger partial charge is 0.512 e. The molecule has 3 nitrogen and oxygen atoms in total. The van der Waals surface area contributed by atoms with E-state index >= 15 is 0 Å². The van der Waals surface area contributed by atoms with Crippen molar-refractivity contribution < 1.29 is 30.0 Å². The molecule has 0 amide bonds. The number of carbonyl (C=O) groups excluding carboxylic acids is 1. The number of ketones is 1. The van der Waals surface area contributed by atoms with E-state index in [-0.39, 0.29) is 31.6 Å². The van der Waals surface area contributed by atoms with Gasteiger partial charge in [0, 0.05) is 26.2 Å². The summed E-state index contributed by atoms with van der Waals surface area (Å²) in [4.78, 5) is 14.7. The summed E-state index contributed by atoms with van der Waals surface area (Å²) in [6.07, 6.45) is 1.17. The standard InChI is InChI=1S/C18H11N.C5H8O2.Ir/c1-12-10-11-17-15-8-3-2-6-13(15)14-7-4-5-9-16(14)18(17)19-12;1-4(6)3-5(2)7;/h2-7,9-10H,1H3;3,6H,1-2H3;/q-2;;/b;4-3-;. The van der Waals surface area contributed by atoms with Gasteiger partial charge in [0.05, 0.1) is 5.76 Å². The summed E-state index contributed by atoms with van der Waals surface area (Å²) in [5.74, 6) is -0.0625. The van der Waals surface area contributed by atoms with Crippen molar-refractivity contribution in [1.82, 2.24) is 4.98 Å². The van der Waals surface area contributed by atoms with Gasteiger partial charge in [0.1, 0.15) is 0 Å². The van der Waals surface area contributed by atoms with E-state index in [4.69, 9.17) is 10.1 Å². The minimum atomic E-state index is -0.125. The predicted molar refractivity (Wildman–Crippen MR) is 106 cm³/mol. The molecule has 0 spiro atoms. The van der Waals surface area contributed by atoms with E-state index in [2.05, 4.69) is 42.5 Å². The number of hydrogen-bond acceptors (Lipinski definition) is 3. The van der Waals surface area contributed by atoms with Gasteiger partial charge in [-0.05, 0) is 19.5 Å². The fourth-order valence-corrected chi connectivity index (χ4v) is 2.98. The first-order valence-corrected chi connectivity index (χ1v) is 8.35. The van der Waals surface area contributed by atoms with Crippen LogP contribution in [0.4, 0.5) is 0 Å². The third-order valence-electron chi connectivity index (χ3n) is 3.94. The van der Waals surface area contributed by atoms with E-state index in [0.29, 0.717) is 0 Å².